The molecule has 1 saturated heterocycles. The van der Waals surface area contributed by atoms with Crippen molar-refractivity contribution < 1.29 is 4.39 Å². The van der Waals surface area contributed by atoms with Crippen molar-refractivity contribution >= 4 is 15.9 Å². The molecule has 0 bridgehead atoms. The molecule has 1 spiro atoms. The van der Waals surface area contributed by atoms with Crippen LogP contribution in [-0.2, 0) is 6.54 Å². The third kappa shape index (κ3) is 2.78. The first-order valence-corrected chi connectivity index (χ1v) is 8.31. The van der Waals surface area contributed by atoms with Crippen LogP contribution in [0.1, 0.15) is 38.2 Å². The van der Waals surface area contributed by atoms with Gasteiger partial charge in [-0.25, -0.2) is 4.39 Å². The highest BCUT2D eigenvalue weighted by Gasteiger charge is 2.39. The summed E-state index contributed by atoms with van der Waals surface area (Å²) in [5.41, 5.74) is 1.36. The molecular formula is C16H22BrFN2. The van der Waals surface area contributed by atoms with Crippen molar-refractivity contribution in [1.82, 2.24) is 10.2 Å². The lowest BCUT2D eigenvalue weighted by molar-refractivity contribution is 0.0824. The molecule has 2 nitrogen and oxygen atoms in total. The lowest BCUT2D eigenvalue weighted by Crippen LogP contribution is -2.62. The van der Waals surface area contributed by atoms with Gasteiger partial charge in [0.15, 0.2) is 0 Å². The maximum Gasteiger partial charge on any atom is 0.137 e. The van der Waals surface area contributed by atoms with Crippen molar-refractivity contribution in [1.29, 1.82) is 0 Å². The van der Waals surface area contributed by atoms with Gasteiger partial charge in [0.1, 0.15) is 5.82 Å². The highest BCUT2D eigenvalue weighted by Crippen LogP contribution is 2.34. The summed E-state index contributed by atoms with van der Waals surface area (Å²) in [6, 6.07) is 5.82. The van der Waals surface area contributed by atoms with Crippen molar-refractivity contribution in [3.63, 3.8) is 0 Å². The average Bonchev–Trinajstić information content (AvgIpc) is 2.88. The van der Waals surface area contributed by atoms with Crippen LogP contribution in [0.4, 0.5) is 4.39 Å². The van der Waals surface area contributed by atoms with Crippen LogP contribution in [0, 0.1) is 5.82 Å². The largest absolute Gasteiger partial charge is 0.308 e. The Morgan fingerprint density at radius 3 is 2.90 bits per heavy atom. The standard InChI is InChI=1S/C16H22BrFN2/c1-12-9-19-16(7-2-3-8-16)11-20(12)10-13-5-4-6-14(18)15(13)17/h4-6,12,19H,2-3,7-11H2,1H3. The fraction of sp³-hybridized carbons (Fsp3) is 0.625. The Bertz CT molecular complexity index is 485. The maximum absolute atomic E-state index is 13.6. The number of nitrogens with zero attached hydrogens (tertiary/aromatic N) is 1. The van der Waals surface area contributed by atoms with Gasteiger partial charge in [-0.2, -0.15) is 0 Å². The van der Waals surface area contributed by atoms with Crippen molar-refractivity contribution in [3.8, 4) is 0 Å². The average molecular weight is 341 g/mol. The Kier molecular flexibility index (Phi) is 4.16. The number of halogens is 2. The molecule has 4 heteroatoms. The third-order valence-electron chi connectivity index (χ3n) is 4.87. The Balaban J connectivity index is 1.76. The summed E-state index contributed by atoms with van der Waals surface area (Å²) in [7, 11) is 0. The van der Waals surface area contributed by atoms with E-state index < -0.39 is 0 Å². The van der Waals surface area contributed by atoms with E-state index in [1.807, 2.05) is 6.07 Å². The monoisotopic (exact) mass is 340 g/mol. The quantitative estimate of drug-likeness (QED) is 0.883. The zero-order chi connectivity index (χ0) is 14.2. The van der Waals surface area contributed by atoms with E-state index in [0.29, 0.717) is 16.1 Å². The molecule has 1 aromatic rings. The van der Waals surface area contributed by atoms with Crippen LogP contribution in [0.15, 0.2) is 22.7 Å². The summed E-state index contributed by atoms with van der Waals surface area (Å²) >= 11 is 3.38. The van der Waals surface area contributed by atoms with E-state index in [1.165, 1.54) is 31.7 Å². The highest BCUT2D eigenvalue weighted by atomic mass is 79.9. The molecule has 1 saturated carbocycles. The summed E-state index contributed by atoms with van der Waals surface area (Å²) < 4.78 is 14.3. The molecule has 1 aliphatic carbocycles. The fourth-order valence-corrected chi connectivity index (χ4v) is 3.97. The summed E-state index contributed by atoms with van der Waals surface area (Å²) in [5, 5.41) is 3.76. The number of hydrogen-bond donors (Lipinski definition) is 1. The van der Waals surface area contributed by atoms with E-state index in [9.17, 15) is 4.39 Å². The van der Waals surface area contributed by atoms with Crippen molar-refractivity contribution in [2.24, 2.45) is 0 Å². The van der Waals surface area contributed by atoms with Crippen LogP contribution in [0.2, 0.25) is 0 Å². The van der Waals surface area contributed by atoms with E-state index >= 15 is 0 Å². The number of piperazine rings is 1. The van der Waals surface area contributed by atoms with E-state index in [4.69, 9.17) is 0 Å². The Labute approximate surface area is 128 Å². The molecule has 1 aromatic carbocycles. The second kappa shape index (κ2) is 5.74. The molecule has 20 heavy (non-hydrogen) atoms. The van der Waals surface area contributed by atoms with E-state index in [1.54, 1.807) is 6.07 Å². The van der Waals surface area contributed by atoms with Crippen LogP contribution in [0.25, 0.3) is 0 Å². The first-order chi connectivity index (χ1) is 9.60. The molecule has 0 amide bonds. The first-order valence-electron chi connectivity index (χ1n) is 7.52. The van der Waals surface area contributed by atoms with Gasteiger partial charge in [0.2, 0.25) is 0 Å². The number of nitrogens with one attached hydrogen (secondary N) is 1. The second-order valence-electron chi connectivity index (χ2n) is 6.34. The van der Waals surface area contributed by atoms with Gasteiger partial charge in [-0.05, 0) is 47.3 Å². The third-order valence-corrected chi connectivity index (χ3v) is 5.76. The zero-order valence-electron chi connectivity index (χ0n) is 12.0. The van der Waals surface area contributed by atoms with E-state index in [-0.39, 0.29) is 5.82 Å². The molecular weight excluding hydrogens is 319 g/mol. The van der Waals surface area contributed by atoms with E-state index in [0.717, 1.165) is 25.2 Å². The Morgan fingerprint density at radius 2 is 2.15 bits per heavy atom. The Morgan fingerprint density at radius 1 is 1.40 bits per heavy atom. The predicted octanol–water partition coefficient (Wildman–Crippen LogP) is 3.69. The number of rotatable bonds is 2. The first kappa shape index (κ1) is 14.5. The predicted molar refractivity (Wildman–Crippen MR) is 83.2 cm³/mol. The molecule has 2 fully saturated rings. The molecule has 1 N–H and O–H groups in total. The minimum absolute atomic E-state index is 0.166. The fourth-order valence-electron chi connectivity index (χ4n) is 3.58. The van der Waals surface area contributed by atoms with Crippen LogP contribution < -0.4 is 5.32 Å². The number of hydrogen-bond acceptors (Lipinski definition) is 2. The van der Waals surface area contributed by atoms with Gasteiger partial charge >= 0.3 is 0 Å². The van der Waals surface area contributed by atoms with Gasteiger partial charge in [-0.1, -0.05) is 25.0 Å². The van der Waals surface area contributed by atoms with Gasteiger partial charge < -0.3 is 5.32 Å². The summed E-state index contributed by atoms with van der Waals surface area (Å²) in [5.74, 6) is -0.166. The van der Waals surface area contributed by atoms with E-state index in [2.05, 4.69) is 33.1 Å². The normalized spacial score (nSPS) is 26.2. The lowest BCUT2D eigenvalue weighted by atomic mass is 9.92. The molecule has 1 atom stereocenters. The van der Waals surface area contributed by atoms with Crippen LogP contribution in [0.3, 0.4) is 0 Å². The molecule has 1 unspecified atom stereocenters. The maximum atomic E-state index is 13.6. The SMILES string of the molecule is CC1CNC2(CCCC2)CN1Cc1cccc(F)c1Br. The molecule has 2 aliphatic rings. The minimum Gasteiger partial charge on any atom is -0.308 e. The zero-order valence-corrected chi connectivity index (χ0v) is 13.5. The Hall–Kier alpha value is -0.450. The van der Waals surface area contributed by atoms with Gasteiger partial charge in [0, 0.05) is 31.2 Å². The van der Waals surface area contributed by atoms with Gasteiger partial charge in [0.25, 0.3) is 0 Å². The van der Waals surface area contributed by atoms with Crippen LogP contribution in [0.5, 0.6) is 0 Å². The molecule has 3 rings (SSSR count). The molecule has 0 aromatic heterocycles. The highest BCUT2D eigenvalue weighted by molar-refractivity contribution is 9.10. The summed E-state index contributed by atoms with van der Waals surface area (Å²) in [6.45, 7) is 5.19. The smallest absolute Gasteiger partial charge is 0.137 e. The molecule has 1 aliphatic heterocycles. The second-order valence-corrected chi connectivity index (χ2v) is 7.13. The van der Waals surface area contributed by atoms with Crippen molar-refractivity contribution in [2.45, 2.75) is 50.7 Å². The molecule has 1 heterocycles. The topological polar surface area (TPSA) is 15.3 Å². The molecule has 0 radical (unpaired) electrons. The van der Waals surface area contributed by atoms with Gasteiger partial charge in [0.05, 0.1) is 4.47 Å². The van der Waals surface area contributed by atoms with Crippen LogP contribution >= 0.6 is 15.9 Å². The lowest BCUT2D eigenvalue weighted by Gasteiger charge is -2.45. The molecule has 110 valence electrons. The minimum atomic E-state index is -0.166. The van der Waals surface area contributed by atoms with Gasteiger partial charge in [-0.15, -0.1) is 0 Å². The van der Waals surface area contributed by atoms with Crippen molar-refractivity contribution in [2.75, 3.05) is 13.1 Å². The number of benzene rings is 1. The van der Waals surface area contributed by atoms with Crippen molar-refractivity contribution in [3.05, 3.63) is 34.1 Å². The van der Waals surface area contributed by atoms with Gasteiger partial charge in [-0.3, -0.25) is 4.90 Å². The van der Waals surface area contributed by atoms with Crippen LogP contribution in [-0.4, -0.2) is 29.6 Å². The summed E-state index contributed by atoms with van der Waals surface area (Å²) in [4.78, 5) is 2.50. The summed E-state index contributed by atoms with van der Waals surface area (Å²) in [6.07, 6.45) is 5.22.